The Kier molecular flexibility index (Phi) is 7.63. The Balaban J connectivity index is 1.76. The van der Waals surface area contributed by atoms with Crippen molar-refractivity contribution in [1.82, 2.24) is 15.2 Å². The molecule has 0 saturated carbocycles. The van der Waals surface area contributed by atoms with E-state index in [0.717, 1.165) is 18.4 Å². The third-order valence-corrected chi connectivity index (χ3v) is 7.12. The number of amides is 2. The summed E-state index contributed by atoms with van der Waals surface area (Å²) in [5.41, 5.74) is 5.98. The zero-order valence-electron chi connectivity index (χ0n) is 16.9. The van der Waals surface area contributed by atoms with E-state index in [1.807, 2.05) is 6.26 Å². The largest absolute Gasteiger partial charge is 0.466 e. The molecular formula is C17H19N5O7S3. The second-order valence-corrected chi connectivity index (χ2v) is 9.28. The summed E-state index contributed by atoms with van der Waals surface area (Å²) in [6.45, 7) is -0.585. The molecule has 15 heteroatoms. The number of thioether (sulfide) groups is 2. The third-order valence-electron chi connectivity index (χ3n) is 4.47. The molecule has 2 amide bonds. The number of esters is 2. The number of carbonyl (C=O) groups is 4. The summed E-state index contributed by atoms with van der Waals surface area (Å²) in [5, 5.41) is 15.8. The molecule has 32 heavy (non-hydrogen) atoms. The van der Waals surface area contributed by atoms with Gasteiger partial charge in [0.05, 0.1) is 7.11 Å². The first-order valence-electron chi connectivity index (χ1n) is 8.96. The highest BCUT2D eigenvalue weighted by molar-refractivity contribution is 8.00. The van der Waals surface area contributed by atoms with Crippen LogP contribution in [0.1, 0.15) is 5.69 Å². The van der Waals surface area contributed by atoms with Crippen LogP contribution in [-0.2, 0) is 28.7 Å². The number of nitrogens with two attached hydrogens (primary N) is 1. The van der Waals surface area contributed by atoms with Crippen molar-refractivity contribution in [2.75, 3.05) is 37.2 Å². The predicted octanol–water partition coefficient (Wildman–Crippen LogP) is -0.363. The lowest BCUT2D eigenvalue weighted by Crippen LogP contribution is -2.71. The number of aromatic nitrogens is 1. The molecule has 1 aromatic rings. The topological polar surface area (TPSA) is 174 Å². The number of ether oxygens (including phenoxy) is 2. The number of oxime groups is 1. The van der Waals surface area contributed by atoms with Crippen molar-refractivity contribution in [3.05, 3.63) is 22.3 Å². The van der Waals surface area contributed by atoms with Crippen LogP contribution in [0.3, 0.4) is 0 Å². The first-order valence-corrected chi connectivity index (χ1v) is 12.3. The number of nitrogens with zero attached hydrogens (tertiary/aromatic N) is 3. The van der Waals surface area contributed by atoms with E-state index in [-0.39, 0.29) is 22.2 Å². The normalized spacial score (nSPS) is 20.4. The summed E-state index contributed by atoms with van der Waals surface area (Å²) in [7, 11) is 1.16. The van der Waals surface area contributed by atoms with Gasteiger partial charge in [-0.3, -0.25) is 14.5 Å². The van der Waals surface area contributed by atoms with Crippen molar-refractivity contribution >= 4 is 69.5 Å². The monoisotopic (exact) mass is 501 g/mol. The molecule has 2 aliphatic rings. The highest BCUT2D eigenvalue weighted by Crippen LogP contribution is 2.41. The van der Waals surface area contributed by atoms with E-state index in [1.165, 1.54) is 33.8 Å². The second-order valence-electron chi connectivity index (χ2n) is 6.42. The maximum absolute atomic E-state index is 12.9. The number of carbonyl (C=O) groups excluding carboxylic acids is 4. The van der Waals surface area contributed by atoms with Crippen LogP contribution in [-0.4, -0.2) is 87.4 Å². The summed E-state index contributed by atoms with van der Waals surface area (Å²) >= 11 is 3.90. The minimum Gasteiger partial charge on any atom is -0.466 e. The lowest BCUT2D eigenvalue weighted by Gasteiger charge is -2.49. The molecule has 0 spiro atoms. The summed E-state index contributed by atoms with van der Waals surface area (Å²) in [6, 6.07) is -0.959. The molecule has 0 bridgehead atoms. The van der Waals surface area contributed by atoms with E-state index < -0.39 is 41.8 Å². The number of fused-ring (bicyclic) bond motifs is 1. The number of methoxy groups -OCH3 is 1. The number of thiazole rings is 1. The van der Waals surface area contributed by atoms with Crippen molar-refractivity contribution < 1.29 is 33.9 Å². The van der Waals surface area contributed by atoms with Gasteiger partial charge in [0.25, 0.3) is 11.8 Å². The molecule has 1 fully saturated rings. The van der Waals surface area contributed by atoms with Gasteiger partial charge in [-0.05, 0) is 11.8 Å². The summed E-state index contributed by atoms with van der Waals surface area (Å²) < 4.78 is 9.47. The van der Waals surface area contributed by atoms with Gasteiger partial charge in [-0.2, -0.15) is 11.8 Å². The number of anilines is 1. The van der Waals surface area contributed by atoms with Crippen molar-refractivity contribution in [2.45, 2.75) is 11.4 Å². The first-order chi connectivity index (χ1) is 15.3. The molecule has 1 aromatic heterocycles. The lowest BCUT2D eigenvalue weighted by atomic mass is 10.0. The van der Waals surface area contributed by atoms with Crippen molar-refractivity contribution in [3.8, 4) is 0 Å². The van der Waals surface area contributed by atoms with Gasteiger partial charge in [0, 0.05) is 16.9 Å². The van der Waals surface area contributed by atoms with Crippen LogP contribution in [0.25, 0.3) is 0 Å². The van der Waals surface area contributed by atoms with Gasteiger partial charge in [0.2, 0.25) is 0 Å². The van der Waals surface area contributed by atoms with Crippen LogP contribution in [0.5, 0.6) is 0 Å². The van der Waals surface area contributed by atoms with E-state index in [9.17, 15) is 24.4 Å². The zero-order valence-corrected chi connectivity index (χ0v) is 19.3. The quantitative estimate of drug-likeness (QED) is 0.139. The van der Waals surface area contributed by atoms with E-state index >= 15 is 0 Å². The molecule has 12 nitrogen and oxygen atoms in total. The van der Waals surface area contributed by atoms with Gasteiger partial charge in [-0.1, -0.05) is 5.16 Å². The van der Waals surface area contributed by atoms with Crippen LogP contribution in [0, 0.1) is 0 Å². The summed E-state index contributed by atoms with van der Waals surface area (Å²) in [4.78, 5) is 54.6. The van der Waals surface area contributed by atoms with E-state index in [0.29, 0.717) is 17.1 Å². The maximum atomic E-state index is 12.9. The SMILES string of the molecule is COC(=O)COC(=O)C1=C(CSC)CS[C@@H]2C(NC(=O)C(=NO)c3csc(N)n3)C(=O)N12. The van der Waals surface area contributed by atoms with Crippen LogP contribution >= 0.6 is 34.9 Å². The van der Waals surface area contributed by atoms with Crippen LogP contribution in [0.4, 0.5) is 5.13 Å². The molecule has 1 saturated heterocycles. The highest BCUT2D eigenvalue weighted by atomic mass is 32.2. The Bertz CT molecular complexity index is 1010. The predicted molar refractivity (Wildman–Crippen MR) is 118 cm³/mol. The Hall–Kier alpha value is -2.78. The molecule has 1 unspecified atom stereocenters. The van der Waals surface area contributed by atoms with Gasteiger partial charge >= 0.3 is 11.9 Å². The second kappa shape index (κ2) is 10.2. The molecule has 4 N–H and O–H groups in total. The Morgan fingerprint density at radius 3 is 2.81 bits per heavy atom. The zero-order chi connectivity index (χ0) is 23.4. The number of nitrogens with one attached hydrogen (secondary N) is 1. The third kappa shape index (κ3) is 4.68. The van der Waals surface area contributed by atoms with Crippen molar-refractivity contribution in [1.29, 1.82) is 0 Å². The average Bonchev–Trinajstić information content (AvgIpc) is 3.21. The fourth-order valence-electron chi connectivity index (χ4n) is 3.03. The van der Waals surface area contributed by atoms with Crippen molar-refractivity contribution in [3.63, 3.8) is 0 Å². The fourth-order valence-corrected chi connectivity index (χ4v) is 5.64. The van der Waals surface area contributed by atoms with E-state index in [1.54, 1.807) is 0 Å². The fraction of sp³-hybridized carbons (Fsp3) is 0.412. The molecule has 2 atom stereocenters. The Labute approximate surface area is 194 Å². The minimum atomic E-state index is -0.959. The number of hydrogen-bond acceptors (Lipinski definition) is 13. The maximum Gasteiger partial charge on any atom is 0.355 e. The number of β-lactam (4-membered cyclic amide) rings is 1. The molecule has 172 valence electrons. The Morgan fingerprint density at radius 1 is 1.47 bits per heavy atom. The first kappa shape index (κ1) is 23.9. The number of rotatable bonds is 8. The number of hydrogen-bond donors (Lipinski definition) is 3. The number of nitrogen functional groups attached to an aromatic ring is 1. The van der Waals surface area contributed by atoms with Crippen LogP contribution in [0.15, 0.2) is 21.8 Å². The molecule has 0 aliphatic carbocycles. The molecule has 3 heterocycles. The summed E-state index contributed by atoms with van der Waals surface area (Å²) in [6.07, 6.45) is 1.85. The molecule has 0 radical (unpaired) electrons. The highest BCUT2D eigenvalue weighted by Gasteiger charge is 2.54. The van der Waals surface area contributed by atoms with Crippen LogP contribution < -0.4 is 11.1 Å². The van der Waals surface area contributed by atoms with Gasteiger partial charge < -0.3 is 25.7 Å². The standard InChI is InChI=1S/C17H19N5O7S3/c1-28-9(23)3-29-16(26)12-7(4-30-2)5-31-15-11(14(25)22(12)15)20-13(24)10(21-27)8-6-32-17(18)19-8/h6,11,15,27H,3-5H2,1-2H3,(H2,18,19)(H,20,24)/t11?,15-/m1/s1. The van der Waals surface area contributed by atoms with Crippen molar-refractivity contribution in [2.24, 2.45) is 5.16 Å². The lowest BCUT2D eigenvalue weighted by molar-refractivity contribution is -0.158. The van der Waals surface area contributed by atoms with Crippen LogP contribution in [0.2, 0.25) is 0 Å². The average molecular weight is 502 g/mol. The van der Waals surface area contributed by atoms with Gasteiger partial charge in [0.15, 0.2) is 17.5 Å². The molecule has 2 aliphatic heterocycles. The summed E-state index contributed by atoms with van der Waals surface area (Å²) in [5.74, 6) is -1.99. The smallest absolute Gasteiger partial charge is 0.355 e. The van der Waals surface area contributed by atoms with E-state index in [4.69, 9.17) is 10.5 Å². The van der Waals surface area contributed by atoms with Gasteiger partial charge in [0.1, 0.15) is 22.8 Å². The molecular weight excluding hydrogens is 482 g/mol. The minimum absolute atomic E-state index is 0.0609. The van der Waals surface area contributed by atoms with E-state index in [2.05, 4.69) is 20.2 Å². The Morgan fingerprint density at radius 2 is 2.22 bits per heavy atom. The molecule has 0 aromatic carbocycles. The molecule has 3 rings (SSSR count). The van der Waals surface area contributed by atoms with Gasteiger partial charge in [-0.15, -0.1) is 23.1 Å². The van der Waals surface area contributed by atoms with Gasteiger partial charge in [-0.25, -0.2) is 14.6 Å².